The first kappa shape index (κ1) is 14.0. The molecule has 2 rings (SSSR count). The summed E-state index contributed by atoms with van der Waals surface area (Å²) in [6.07, 6.45) is 0.780. The maximum atomic E-state index is 11.5. The second-order valence-electron chi connectivity index (χ2n) is 4.21. The van der Waals surface area contributed by atoms with E-state index in [1.54, 1.807) is 19.2 Å². The van der Waals surface area contributed by atoms with E-state index in [-0.39, 0.29) is 5.91 Å². The van der Waals surface area contributed by atoms with Gasteiger partial charge in [0.1, 0.15) is 0 Å². The molecular weight excluding hydrogens is 262 g/mol. The molecule has 0 saturated carbocycles. The standard InChI is InChI=1S/C13H15N3O4/c1-19-7-6-12(17)14-10-4-2-9(3-5-10)8-11-15-13(18)20-16-11/h2-5H,6-8H2,1H3,(H,14,17)(H,15,16,18). The van der Waals surface area contributed by atoms with Gasteiger partial charge in [-0.2, -0.15) is 0 Å². The van der Waals surface area contributed by atoms with Crippen molar-refractivity contribution in [2.24, 2.45) is 0 Å². The minimum Gasteiger partial charge on any atom is -0.384 e. The van der Waals surface area contributed by atoms with Crippen LogP contribution in [0, 0.1) is 0 Å². The lowest BCUT2D eigenvalue weighted by molar-refractivity contribution is -0.117. The monoisotopic (exact) mass is 277 g/mol. The second-order valence-corrected chi connectivity index (χ2v) is 4.21. The molecule has 0 spiro atoms. The van der Waals surface area contributed by atoms with Crippen LogP contribution < -0.4 is 11.1 Å². The van der Waals surface area contributed by atoms with Gasteiger partial charge in [-0.25, -0.2) is 4.79 Å². The Kier molecular flexibility index (Phi) is 4.67. The molecule has 7 nitrogen and oxygen atoms in total. The molecule has 0 unspecified atom stereocenters. The van der Waals surface area contributed by atoms with Crippen molar-refractivity contribution in [3.05, 3.63) is 46.2 Å². The zero-order chi connectivity index (χ0) is 14.4. The number of rotatable bonds is 6. The lowest BCUT2D eigenvalue weighted by atomic mass is 10.1. The molecule has 106 valence electrons. The highest BCUT2D eigenvalue weighted by Gasteiger charge is 2.04. The Balaban J connectivity index is 1.92. The number of H-pyrrole nitrogens is 1. The molecule has 1 amide bonds. The van der Waals surface area contributed by atoms with Crippen LogP contribution in [0.4, 0.5) is 5.69 Å². The van der Waals surface area contributed by atoms with E-state index in [0.29, 0.717) is 31.0 Å². The molecule has 20 heavy (non-hydrogen) atoms. The molecule has 0 aliphatic rings. The van der Waals surface area contributed by atoms with Crippen molar-refractivity contribution in [2.75, 3.05) is 19.0 Å². The van der Waals surface area contributed by atoms with Crippen molar-refractivity contribution < 1.29 is 14.1 Å². The fraction of sp³-hybridized carbons (Fsp3) is 0.308. The number of hydrogen-bond acceptors (Lipinski definition) is 5. The van der Waals surface area contributed by atoms with Gasteiger partial charge >= 0.3 is 5.76 Å². The van der Waals surface area contributed by atoms with Crippen LogP contribution in [-0.4, -0.2) is 29.8 Å². The summed E-state index contributed by atoms with van der Waals surface area (Å²) in [6.45, 7) is 0.392. The Hall–Kier alpha value is -2.41. The fourth-order valence-electron chi connectivity index (χ4n) is 1.65. The molecule has 0 atom stereocenters. The van der Waals surface area contributed by atoms with Crippen molar-refractivity contribution in [3.63, 3.8) is 0 Å². The molecular formula is C13H15N3O4. The Labute approximate surface area is 114 Å². The average Bonchev–Trinajstić information content (AvgIpc) is 2.84. The summed E-state index contributed by atoms with van der Waals surface area (Å²) in [7, 11) is 1.55. The molecule has 1 aromatic heterocycles. The van der Waals surface area contributed by atoms with Crippen molar-refractivity contribution in [2.45, 2.75) is 12.8 Å². The first-order valence-corrected chi connectivity index (χ1v) is 6.10. The number of amides is 1. The summed E-state index contributed by atoms with van der Waals surface area (Å²) >= 11 is 0. The minimum atomic E-state index is -0.568. The highest BCUT2D eigenvalue weighted by atomic mass is 16.5. The van der Waals surface area contributed by atoms with Crippen molar-refractivity contribution in [3.8, 4) is 0 Å². The molecule has 2 aromatic rings. The molecule has 0 aliphatic heterocycles. The number of carbonyl (C=O) groups is 1. The summed E-state index contributed by atoms with van der Waals surface area (Å²) in [6, 6.07) is 7.27. The smallest absolute Gasteiger partial charge is 0.384 e. The largest absolute Gasteiger partial charge is 0.438 e. The molecule has 0 radical (unpaired) electrons. The Morgan fingerprint density at radius 2 is 2.15 bits per heavy atom. The topological polar surface area (TPSA) is 97.2 Å². The summed E-state index contributed by atoms with van der Waals surface area (Å²) in [5.74, 6) is -0.200. The van der Waals surface area contributed by atoms with Gasteiger partial charge in [-0.1, -0.05) is 17.3 Å². The van der Waals surface area contributed by atoms with Gasteiger partial charge in [0.25, 0.3) is 0 Å². The minimum absolute atomic E-state index is 0.0968. The summed E-state index contributed by atoms with van der Waals surface area (Å²) in [5, 5.41) is 6.35. The molecule has 1 heterocycles. The van der Waals surface area contributed by atoms with Crippen molar-refractivity contribution in [1.29, 1.82) is 0 Å². The lowest BCUT2D eigenvalue weighted by Gasteiger charge is -2.05. The van der Waals surface area contributed by atoms with E-state index in [4.69, 9.17) is 4.74 Å². The van der Waals surface area contributed by atoms with Crippen LogP contribution in [0.5, 0.6) is 0 Å². The predicted molar refractivity (Wildman–Crippen MR) is 71.5 cm³/mol. The van der Waals surface area contributed by atoms with Crippen molar-refractivity contribution in [1.82, 2.24) is 10.1 Å². The van der Waals surface area contributed by atoms with Crippen LogP contribution in [0.15, 0.2) is 33.6 Å². The normalized spacial score (nSPS) is 10.4. The van der Waals surface area contributed by atoms with Crippen LogP contribution >= 0.6 is 0 Å². The zero-order valence-electron chi connectivity index (χ0n) is 11.0. The third kappa shape index (κ3) is 4.06. The number of nitrogens with zero attached hydrogens (tertiary/aromatic N) is 1. The van der Waals surface area contributed by atoms with Crippen LogP contribution in [0.3, 0.4) is 0 Å². The number of methoxy groups -OCH3 is 1. The molecule has 0 fully saturated rings. The predicted octanol–water partition coefficient (Wildman–Crippen LogP) is 0.929. The zero-order valence-corrected chi connectivity index (χ0v) is 11.0. The quantitative estimate of drug-likeness (QED) is 0.818. The van der Waals surface area contributed by atoms with Crippen LogP contribution in [0.25, 0.3) is 0 Å². The van der Waals surface area contributed by atoms with Gasteiger partial charge in [0, 0.05) is 19.2 Å². The third-order valence-corrected chi connectivity index (χ3v) is 2.63. The number of anilines is 1. The van der Waals surface area contributed by atoms with E-state index in [1.165, 1.54) is 0 Å². The van der Waals surface area contributed by atoms with Gasteiger partial charge in [-0.15, -0.1) is 0 Å². The number of nitrogens with one attached hydrogen (secondary N) is 2. The van der Waals surface area contributed by atoms with E-state index in [0.717, 1.165) is 5.56 Å². The first-order chi connectivity index (χ1) is 9.67. The Bertz CT molecular complexity index is 615. The van der Waals surface area contributed by atoms with Crippen LogP contribution in [0.2, 0.25) is 0 Å². The maximum Gasteiger partial charge on any atom is 0.438 e. The average molecular weight is 277 g/mol. The van der Waals surface area contributed by atoms with Gasteiger partial charge in [0.2, 0.25) is 5.91 Å². The summed E-state index contributed by atoms with van der Waals surface area (Å²) < 4.78 is 9.25. The van der Waals surface area contributed by atoms with Gasteiger partial charge < -0.3 is 10.1 Å². The number of hydrogen-bond donors (Lipinski definition) is 2. The molecule has 1 aromatic carbocycles. The second kappa shape index (κ2) is 6.67. The van der Waals surface area contributed by atoms with E-state index in [1.807, 2.05) is 12.1 Å². The van der Waals surface area contributed by atoms with E-state index in [2.05, 4.69) is 20.0 Å². The van der Waals surface area contributed by atoms with Gasteiger partial charge in [0.15, 0.2) is 5.82 Å². The number of aromatic nitrogens is 2. The van der Waals surface area contributed by atoms with E-state index >= 15 is 0 Å². The SMILES string of the molecule is COCCC(=O)Nc1ccc(Cc2noc(=O)[nH]2)cc1. The van der Waals surface area contributed by atoms with Crippen LogP contribution in [0.1, 0.15) is 17.8 Å². The maximum absolute atomic E-state index is 11.5. The summed E-state index contributed by atoms with van der Waals surface area (Å²) in [5.41, 5.74) is 1.66. The molecule has 7 heteroatoms. The molecule has 0 saturated heterocycles. The number of aromatic amines is 1. The number of ether oxygens (including phenoxy) is 1. The molecule has 2 N–H and O–H groups in total. The third-order valence-electron chi connectivity index (χ3n) is 2.63. The fourth-order valence-corrected chi connectivity index (χ4v) is 1.65. The lowest BCUT2D eigenvalue weighted by Crippen LogP contribution is -2.13. The van der Waals surface area contributed by atoms with Gasteiger partial charge in [-0.3, -0.25) is 14.3 Å². The van der Waals surface area contributed by atoms with Gasteiger partial charge in [0.05, 0.1) is 13.0 Å². The van der Waals surface area contributed by atoms with E-state index < -0.39 is 5.76 Å². The first-order valence-electron chi connectivity index (χ1n) is 6.10. The van der Waals surface area contributed by atoms with Crippen molar-refractivity contribution >= 4 is 11.6 Å². The number of benzene rings is 1. The summed E-state index contributed by atoms with van der Waals surface area (Å²) in [4.78, 5) is 24.8. The Morgan fingerprint density at radius 3 is 2.75 bits per heavy atom. The highest BCUT2D eigenvalue weighted by molar-refractivity contribution is 5.90. The molecule has 0 bridgehead atoms. The highest BCUT2D eigenvalue weighted by Crippen LogP contribution is 2.11. The molecule has 0 aliphatic carbocycles. The van der Waals surface area contributed by atoms with Crippen LogP contribution in [-0.2, 0) is 16.0 Å². The number of carbonyl (C=O) groups excluding carboxylic acids is 1. The Morgan fingerprint density at radius 1 is 1.40 bits per heavy atom. The van der Waals surface area contributed by atoms with E-state index in [9.17, 15) is 9.59 Å². The van der Waals surface area contributed by atoms with Gasteiger partial charge in [-0.05, 0) is 17.7 Å².